The molecule has 0 bridgehead atoms. The van der Waals surface area contributed by atoms with E-state index in [4.69, 9.17) is 4.98 Å². The molecule has 1 aliphatic carbocycles. The first kappa shape index (κ1) is 15.6. The highest BCUT2D eigenvalue weighted by Gasteiger charge is 2.24. The molecular weight excluding hydrogens is 310 g/mol. The molecule has 0 fully saturated rings. The van der Waals surface area contributed by atoms with Gasteiger partial charge in [-0.2, -0.15) is 0 Å². The number of rotatable bonds is 2. The quantitative estimate of drug-likeness (QED) is 0.710. The van der Waals surface area contributed by atoms with Crippen molar-refractivity contribution in [1.29, 1.82) is 0 Å². The highest BCUT2D eigenvalue weighted by atomic mass is 16.4. The average Bonchev–Trinajstić information content (AvgIpc) is 2.62. The van der Waals surface area contributed by atoms with Crippen molar-refractivity contribution in [2.24, 2.45) is 0 Å². The topological polar surface area (TPSA) is 50.2 Å². The van der Waals surface area contributed by atoms with Crippen molar-refractivity contribution in [3.8, 4) is 0 Å². The Morgan fingerprint density at radius 2 is 1.84 bits per heavy atom. The van der Waals surface area contributed by atoms with Crippen molar-refractivity contribution in [2.75, 3.05) is 0 Å². The molecule has 1 aliphatic rings. The van der Waals surface area contributed by atoms with Gasteiger partial charge in [-0.15, -0.1) is 0 Å². The zero-order valence-electron chi connectivity index (χ0n) is 14.1. The molecule has 0 radical (unpaired) electrons. The van der Waals surface area contributed by atoms with Crippen molar-refractivity contribution in [3.05, 3.63) is 76.5 Å². The minimum absolute atomic E-state index is 0.412. The molecule has 1 heterocycles. The fourth-order valence-corrected chi connectivity index (χ4v) is 3.58. The molecule has 3 aromatic rings. The van der Waals surface area contributed by atoms with Gasteiger partial charge in [-0.05, 0) is 55.0 Å². The van der Waals surface area contributed by atoms with E-state index in [1.54, 1.807) is 0 Å². The van der Waals surface area contributed by atoms with Crippen LogP contribution in [-0.2, 0) is 6.42 Å². The number of aryl methyl sites for hydroxylation is 1. The summed E-state index contributed by atoms with van der Waals surface area (Å²) < 4.78 is 0. The van der Waals surface area contributed by atoms with Crippen LogP contribution < -0.4 is 0 Å². The zero-order chi connectivity index (χ0) is 17.4. The van der Waals surface area contributed by atoms with Gasteiger partial charge >= 0.3 is 5.97 Å². The summed E-state index contributed by atoms with van der Waals surface area (Å²) in [5, 5.41) is 10.5. The van der Waals surface area contributed by atoms with Crippen molar-refractivity contribution >= 4 is 28.5 Å². The van der Waals surface area contributed by atoms with Gasteiger partial charge in [0.05, 0.1) is 16.8 Å². The second-order valence-electron chi connectivity index (χ2n) is 6.57. The summed E-state index contributed by atoms with van der Waals surface area (Å²) in [5.41, 5.74) is 6.35. The Bertz CT molecular complexity index is 1000. The van der Waals surface area contributed by atoms with Crippen LogP contribution in [0.2, 0.25) is 0 Å². The van der Waals surface area contributed by atoms with Crippen molar-refractivity contribution in [2.45, 2.75) is 26.2 Å². The lowest BCUT2D eigenvalue weighted by Crippen LogP contribution is -2.13. The van der Waals surface area contributed by atoms with Crippen LogP contribution in [0.5, 0.6) is 0 Å². The third kappa shape index (κ3) is 2.82. The van der Waals surface area contributed by atoms with Crippen LogP contribution in [-0.4, -0.2) is 16.1 Å². The normalized spacial score (nSPS) is 15.3. The van der Waals surface area contributed by atoms with Gasteiger partial charge in [0.1, 0.15) is 0 Å². The maximum absolute atomic E-state index is 11.9. The van der Waals surface area contributed by atoms with Gasteiger partial charge < -0.3 is 5.11 Å². The monoisotopic (exact) mass is 329 g/mol. The molecule has 1 N–H and O–H groups in total. The Balaban J connectivity index is 1.95. The van der Waals surface area contributed by atoms with Crippen molar-refractivity contribution in [1.82, 2.24) is 4.98 Å². The molecule has 0 saturated carbocycles. The van der Waals surface area contributed by atoms with Crippen LogP contribution in [0.1, 0.15) is 45.6 Å². The number of allylic oxidation sites excluding steroid dienone is 1. The number of carbonyl (C=O) groups is 1. The predicted molar refractivity (Wildman–Crippen MR) is 101 cm³/mol. The number of hydrogen-bond donors (Lipinski definition) is 1. The van der Waals surface area contributed by atoms with E-state index in [1.807, 2.05) is 24.3 Å². The first-order valence-electron chi connectivity index (χ1n) is 8.56. The summed E-state index contributed by atoms with van der Waals surface area (Å²) in [6.07, 6.45) is 4.78. The number of pyridine rings is 1. The van der Waals surface area contributed by atoms with Crippen LogP contribution >= 0.6 is 0 Å². The third-order valence-electron chi connectivity index (χ3n) is 4.80. The second-order valence-corrected chi connectivity index (χ2v) is 6.57. The van der Waals surface area contributed by atoms with Gasteiger partial charge in [-0.1, -0.05) is 48.0 Å². The molecule has 4 rings (SSSR count). The maximum atomic E-state index is 11.9. The molecule has 0 unspecified atom stereocenters. The van der Waals surface area contributed by atoms with E-state index in [0.29, 0.717) is 5.56 Å². The molecule has 2 aromatic carbocycles. The number of fused-ring (bicyclic) bond motifs is 2. The van der Waals surface area contributed by atoms with E-state index in [1.165, 1.54) is 5.56 Å². The Labute approximate surface area is 146 Å². The SMILES string of the molecule is Cc1ccc(C=C2CCCc3c2nc2ccccc2c3C(=O)O)cc1. The van der Waals surface area contributed by atoms with Crippen LogP contribution in [0.4, 0.5) is 0 Å². The Morgan fingerprint density at radius 3 is 2.60 bits per heavy atom. The molecule has 0 saturated heterocycles. The number of carboxylic acids is 1. The number of hydrogen-bond acceptors (Lipinski definition) is 2. The Kier molecular flexibility index (Phi) is 3.85. The van der Waals surface area contributed by atoms with Crippen LogP contribution in [0.3, 0.4) is 0 Å². The fourth-order valence-electron chi connectivity index (χ4n) is 3.58. The number of carboxylic acid groups (broad SMARTS) is 1. The minimum atomic E-state index is -0.869. The number of aromatic carboxylic acids is 1. The lowest BCUT2D eigenvalue weighted by Gasteiger charge is -2.21. The van der Waals surface area contributed by atoms with Crippen LogP contribution in [0.15, 0.2) is 48.5 Å². The molecule has 3 nitrogen and oxygen atoms in total. The molecule has 1 aromatic heterocycles. The Morgan fingerprint density at radius 1 is 1.08 bits per heavy atom. The zero-order valence-corrected chi connectivity index (χ0v) is 14.1. The van der Waals surface area contributed by atoms with Gasteiger partial charge in [0.25, 0.3) is 0 Å². The molecule has 124 valence electrons. The molecular formula is C22H19NO2. The summed E-state index contributed by atoms with van der Waals surface area (Å²) in [5.74, 6) is -0.869. The van der Waals surface area contributed by atoms with Crippen LogP contribution in [0.25, 0.3) is 22.6 Å². The first-order chi connectivity index (χ1) is 12.1. The lowest BCUT2D eigenvalue weighted by molar-refractivity contribution is 0.0697. The minimum Gasteiger partial charge on any atom is -0.478 e. The second kappa shape index (κ2) is 6.17. The summed E-state index contributed by atoms with van der Waals surface area (Å²) in [4.78, 5) is 16.8. The third-order valence-corrected chi connectivity index (χ3v) is 4.80. The lowest BCUT2D eigenvalue weighted by atomic mass is 9.86. The smallest absolute Gasteiger partial charge is 0.336 e. The van der Waals surface area contributed by atoms with Crippen molar-refractivity contribution in [3.63, 3.8) is 0 Å². The number of benzene rings is 2. The molecule has 25 heavy (non-hydrogen) atoms. The number of nitrogens with zero attached hydrogens (tertiary/aromatic N) is 1. The molecule has 0 amide bonds. The van der Waals surface area contributed by atoms with E-state index in [9.17, 15) is 9.90 Å². The van der Waals surface area contributed by atoms with E-state index in [-0.39, 0.29) is 0 Å². The summed E-state index contributed by atoms with van der Waals surface area (Å²) in [6, 6.07) is 15.9. The van der Waals surface area contributed by atoms with Crippen LogP contribution in [0, 0.1) is 6.92 Å². The summed E-state index contributed by atoms with van der Waals surface area (Å²) >= 11 is 0. The van der Waals surface area contributed by atoms with E-state index in [0.717, 1.165) is 52.6 Å². The number of para-hydroxylation sites is 1. The summed E-state index contributed by atoms with van der Waals surface area (Å²) in [6.45, 7) is 2.07. The summed E-state index contributed by atoms with van der Waals surface area (Å²) in [7, 11) is 0. The van der Waals surface area contributed by atoms with Gasteiger partial charge in [0, 0.05) is 5.39 Å². The molecule has 3 heteroatoms. The largest absolute Gasteiger partial charge is 0.478 e. The van der Waals surface area contributed by atoms with E-state index in [2.05, 4.69) is 37.3 Å². The highest BCUT2D eigenvalue weighted by molar-refractivity contribution is 6.05. The highest BCUT2D eigenvalue weighted by Crippen LogP contribution is 2.36. The van der Waals surface area contributed by atoms with Gasteiger partial charge in [-0.25, -0.2) is 9.78 Å². The number of aromatic nitrogens is 1. The average molecular weight is 329 g/mol. The van der Waals surface area contributed by atoms with Gasteiger partial charge in [-0.3, -0.25) is 0 Å². The fraction of sp³-hybridized carbons (Fsp3) is 0.182. The maximum Gasteiger partial charge on any atom is 0.336 e. The Hall–Kier alpha value is -2.94. The molecule has 0 atom stereocenters. The molecule has 0 spiro atoms. The van der Waals surface area contributed by atoms with Gasteiger partial charge in [0.2, 0.25) is 0 Å². The predicted octanol–water partition coefficient (Wildman–Crippen LogP) is 5.12. The van der Waals surface area contributed by atoms with Gasteiger partial charge in [0.15, 0.2) is 0 Å². The van der Waals surface area contributed by atoms with E-state index < -0.39 is 5.97 Å². The van der Waals surface area contributed by atoms with Crippen molar-refractivity contribution < 1.29 is 9.90 Å². The first-order valence-corrected chi connectivity index (χ1v) is 8.56. The standard InChI is InChI=1S/C22H19NO2/c1-14-9-11-15(12-10-14)13-16-5-4-7-18-20(22(24)25)17-6-2-3-8-19(17)23-21(16)18/h2-3,6,8-13H,4-5,7H2,1H3,(H,24,25). The van der Waals surface area contributed by atoms with E-state index >= 15 is 0 Å². The molecule has 0 aliphatic heterocycles.